The van der Waals surface area contributed by atoms with Gasteiger partial charge in [-0.1, -0.05) is 0 Å². The van der Waals surface area contributed by atoms with E-state index >= 15 is 0 Å². The number of nitro groups is 1. The first-order valence-corrected chi connectivity index (χ1v) is 8.09. The Morgan fingerprint density at radius 1 is 1.33 bits per heavy atom. The molecule has 1 aromatic carbocycles. The molecule has 1 aromatic rings. The van der Waals surface area contributed by atoms with E-state index in [1.807, 2.05) is 0 Å². The Hall–Kier alpha value is -2.16. The van der Waals surface area contributed by atoms with E-state index in [-0.39, 0.29) is 23.1 Å². The quantitative estimate of drug-likeness (QED) is 0.633. The van der Waals surface area contributed by atoms with E-state index in [0.29, 0.717) is 18.5 Å². The summed E-state index contributed by atoms with van der Waals surface area (Å²) in [6, 6.07) is 3.68. The minimum Gasteiger partial charge on any atom is -0.477 e. The van der Waals surface area contributed by atoms with Crippen LogP contribution in [0.1, 0.15) is 23.2 Å². The van der Waals surface area contributed by atoms with Crippen molar-refractivity contribution in [2.75, 3.05) is 16.8 Å². The molecule has 0 unspecified atom stereocenters. The number of nitro benzene ring substituents is 1. The van der Waals surface area contributed by atoms with Gasteiger partial charge in [0.25, 0.3) is 5.69 Å². The number of hydrogen-bond donors (Lipinski definition) is 2. The molecule has 0 aliphatic carbocycles. The highest BCUT2D eigenvalue weighted by molar-refractivity contribution is 7.91. The highest BCUT2D eigenvalue weighted by Crippen LogP contribution is 2.25. The van der Waals surface area contributed by atoms with Crippen molar-refractivity contribution in [3.63, 3.8) is 0 Å². The summed E-state index contributed by atoms with van der Waals surface area (Å²) in [6.45, 7) is 0. The lowest BCUT2D eigenvalue weighted by molar-refractivity contribution is -0.385. The van der Waals surface area contributed by atoms with E-state index < -0.39 is 26.4 Å². The number of carboxylic acids is 1. The summed E-state index contributed by atoms with van der Waals surface area (Å²) < 4.78 is 22.7. The summed E-state index contributed by atoms with van der Waals surface area (Å²) in [5.74, 6) is -1.20. The molecule has 1 aliphatic rings. The number of hydrogen-bond acceptors (Lipinski definition) is 6. The maximum atomic E-state index is 11.3. The Balaban J connectivity index is 2.16. The SMILES string of the molecule is O=C(O)c1ccc(NC2CCS(=O)(=O)CC2)cc1[N+](=O)[O-]. The molecular weight excluding hydrogens is 300 g/mol. The van der Waals surface area contributed by atoms with Crippen LogP contribution in [0.4, 0.5) is 11.4 Å². The van der Waals surface area contributed by atoms with Crippen molar-refractivity contribution in [2.24, 2.45) is 0 Å². The van der Waals surface area contributed by atoms with Crippen LogP contribution in [0.15, 0.2) is 18.2 Å². The van der Waals surface area contributed by atoms with E-state index in [9.17, 15) is 23.3 Å². The molecule has 8 nitrogen and oxygen atoms in total. The Morgan fingerprint density at radius 3 is 2.48 bits per heavy atom. The van der Waals surface area contributed by atoms with Gasteiger partial charge in [-0.3, -0.25) is 10.1 Å². The molecule has 0 amide bonds. The first-order chi connectivity index (χ1) is 9.78. The second-order valence-electron chi connectivity index (χ2n) is 4.86. The number of carboxylic acid groups (broad SMARTS) is 1. The van der Waals surface area contributed by atoms with Gasteiger partial charge in [-0.25, -0.2) is 13.2 Å². The Morgan fingerprint density at radius 2 is 1.95 bits per heavy atom. The molecule has 0 spiro atoms. The molecule has 2 rings (SSSR count). The first kappa shape index (κ1) is 15.2. The van der Waals surface area contributed by atoms with Crippen LogP contribution in [-0.4, -0.2) is 42.0 Å². The number of nitrogens with zero attached hydrogens (tertiary/aromatic N) is 1. The van der Waals surface area contributed by atoms with E-state index in [0.717, 1.165) is 6.07 Å². The van der Waals surface area contributed by atoms with Gasteiger partial charge in [-0.05, 0) is 25.0 Å². The number of nitrogens with one attached hydrogen (secondary N) is 1. The van der Waals surface area contributed by atoms with Crippen LogP contribution >= 0.6 is 0 Å². The van der Waals surface area contributed by atoms with Gasteiger partial charge < -0.3 is 10.4 Å². The van der Waals surface area contributed by atoms with Crippen molar-refractivity contribution in [2.45, 2.75) is 18.9 Å². The fourth-order valence-electron chi connectivity index (χ4n) is 2.22. The number of sulfone groups is 1. The molecule has 0 atom stereocenters. The number of anilines is 1. The molecule has 1 fully saturated rings. The monoisotopic (exact) mass is 314 g/mol. The van der Waals surface area contributed by atoms with Crippen molar-refractivity contribution < 1.29 is 23.2 Å². The van der Waals surface area contributed by atoms with E-state index in [2.05, 4.69) is 5.32 Å². The highest BCUT2D eigenvalue weighted by atomic mass is 32.2. The van der Waals surface area contributed by atoms with Gasteiger partial charge in [-0.2, -0.15) is 0 Å². The Bertz CT molecular complexity index is 671. The number of benzene rings is 1. The van der Waals surface area contributed by atoms with Crippen molar-refractivity contribution in [3.05, 3.63) is 33.9 Å². The zero-order valence-corrected chi connectivity index (χ0v) is 11.8. The van der Waals surface area contributed by atoms with Crippen LogP contribution in [0.3, 0.4) is 0 Å². The van der Waals surface area contributed by atoms with Crippen LogP contribution in [0, 0.1) is 10.1 Å². The summed E-state index contributed by atoms with van der Waals surface area (Å²) in [4.78, 5) is 21.0. The van der Waals surface area contributed by atoms with Gasteiger partial charge in [0.1, 0.15) is 15.4 Å². The summed E-state index contributed by atoms with van der Waals surface area (Å²) >= 11 is 0. The molecule has 0 aromatic heterocycles. The van der Waals surface area contributed by atoms with Crippen LogP contribution in [0.5, 0.6) is 0 Å². The molecule has 1 heterocycles. The summed E-state index contributed by atoms with van der Waals surface area (Å²) in [6.07, 6.45) is 0.855. The predicted molar refractivity (Wildman–Crippen MR) is 75.4 cm³/mol. The molecule has 1 aliphatic heterocycles. The van der Waals surface area contributed by atoms with E-state index in [1.165, 1.54) is 12.1 Å². The maximum Gasteiger partial charge on any atom is 0.342 e. The van der Waals surface area contributed by atoms with Gasteiger partial charge >= 0.3 is 5.97 Å². The van der Waals surface area contributed by atoms with Crippen LogP contribution < -0.4 is 5.32 Å². The largest absolute Gasteiger partial charge is 0.477 e. The predicted octanol–water partition coefficient (Wildman–Crippen LogP) is 1.28. The van der Waals surface area contributed by atoms with Gasteiger partial charge in [0, 0.05) is 17.8 Å². The highest BCUT2D eigenvalue weighted by Gasteiger charge is 2.25. The lowest BCUT2D eigenvalue weighted by Crippen LogP contribution is -2.32. The molecule has 2 N–H and O–H groups in total. The molecule has 114 valence electrons. The van der Waals surface area contributed by atoms with Gasteiger partial charge in [0.05, 0.1) is 16.4 Å². The summed E-state index contributed by atoms with van der Waals surface area (Å²) in [5, 5.41) is 22.8. The topological polar surface area (TPSA) is 127 Å². The molecule has 0 bridgehead atoms. The average Bonchev–Trinajstić information content (AvgIpc) is 2.41. The standard InChI is InChI=1S/C12H14N2O6S/c15-12(16)10-2-1-9(7-11(10)14(17)18)13-8-3-5-21(19,20)6-4-8/h1-2,7-8,13H,3-6H2,(H,15,16). The zero-order chi connectivity index (χ0) is 15.6. The Kier molecular flexibility index (Phi) is 4.12. The average molecular weight is 314 g/mol. The van der Waals surface area contributed by atoms with Gasteiger partial charge in [0.2, 0.25) is 0 Å². The fraction of sp³-hybridized carbons (Fsp3) is 0.417. The summed E-state index contributed by atoms with van der Waals surface area (Å²) in [7, 11) is -2.97. The van der Waals surface area contributed by atoms with E-state index in [4.69, 9.17) is 5.11 Å². The molecule has 9 heteroatoms. The molecule has 0 radical (unpaired) electrons. The van der Waals surface area contributed by atoms with Crippen LogP contribution in [0.2, 0.25) is 0 Å². The molecule has 1 saturated heterocycles. The molecule has 21 heavy (non-hydrogen) atoms. The zero-order valence-electron chi connectivity index (χ0n) is 11.0. The molecular formula is C12H14N2O6S. The number of carbonyl (C=O) groups is 1. The third-order valence-electron chi connectivity index (χ3n) is 3.35. The van der Waals surface area contributed by atoms with Crippen LogP contribution in [0.25, 0.3) is 0 Å². The number of aromatic carboxylic acids is 1. The van der Waals surface area contributed by atoms with Crippen molar-refractivity contribution in [1.82, 2.24) is 0 Å². The van der Waals surface area contributed by atoms with Gasteiger partial charge in [0.15, 0.2) is 0 Å². The first-order valence-electron chi connectivity index (χ1n) is 6.27. The van der Waals surface area contributed by atoms with Crippen LogP contribution in [-0.2, 0) is 9.84 Å². The third kappa shape index (κ3) is 3.69. The fourth-order valence-corrected chi connectivity index (χ4v) is 3.71. The summed E-state index contributed by atoms with van der Waals surface area (Å²) in [5.41, 5.74) is -0.455. The maximum absolute atomic E-state index is 11.3. The van der Waals surface area contributed by atoms with E-state index in [1.54, 1.807) is 0 Å². The van der Waals surface area contributed by atoms with Gasteiger partial charge in [-0.15, -0.1) is 0 Å². The normalized spacial score (nSPS) is 18.1. The smallest absolute Gasteiger partial charge is 0.342 e. The molecule has 0 saturated carbocycles. The Labute approximate surface area is 120 Å². The second-order valence-corrected chi connectivity index (χ2v) is 7.17. The third-order valence-corrected chi connectivity index (χ3v) is 5.07. The van der Waals surface area contributed by atoms with Crippen molar-refractivity contribution >= 4 is 27.2 Å². The lowest BCUT2D eigenvalue weighted by Gasteiger charge is -2.24. The van der Waals surface area contributed by atoms with Crippen molar-refractivity contribution in [3.8, 4) is 0 Å². The second kappa shape index (κ2) is 5.68. The minimum atomic E-state index is -2.97. The minimum absolute atomic E-state index is 0.0833. The van der Waals surface area contributed by atoms with Crippen molar-refractivity contribution in [1.29, 1.82) is 0 Å². The lowest BCUT2D eigenvalue weighted by atomic mass is 10.1. The number of rotatable bonds is 4.